The molecule has 6 nitrogen and oxygen atoms in total. The minimum absolute atomic E-state index is 0.00663. The first kappa shape index (κ1) is 18.5. The average Bonchev–Trinajstić information content (AvgIpc) is 3.16. The minimum Gasteiger partial charge on any atom is -0.377 e. The summed E-state index contributed by atoms with van der Waals surface area (Å²) in [7, 11) is 3.44. The third-order valence-corrected chi connectivity index (χ3v) is 5.90. The Morgan fingerprint density at radius 2 is 2.04 bits per heavy atom. The van der Waals surface area contributed by atoms with Crippen molar-refractivity contribution >= 4 is 28.9 Å². The number of halogens is 1. The highest BCUT2D eigenvalue weighted by atomic mass is 35.5. The highest BCUT2D eigenvalue weighted by Crippen LogP contribution is 2.51. The first-order chi connectivity index (χ1) is 13.4. The molecule has 2 aliphatic rings. The maximum atomic E-state index is 12.7. The van der Waals surface area contributed by atoms with Crippen LogP contribution in [0.25, 0.3) is 0 Å². The van der Waals surface area contributed by atoms with Crippen molar-refractivity contribution in [1.82, 2.24) is 4.90 Å². The van der Waals surface area contributed by atoms with Crippen LogP contribution in [0, 0.1) is 16.0 Å². The molecule has 0 spiro atoms. The fraction of sp³-hybridized carbons (Fsp3) is 0.286. The zero-order valence-electron chi connectivity index (χ0n) is 15.6. The van der Waals surface area contributed by atoms with Crippen LogP contribution in [0.15, 0.2) is 48.6 Å². The van der Waals surface area contributed by atoms with E-state index >= 15 is 0 Å². The van der Waals surface area contributed by atoms with Crippen molar-refractivity contribution in [2.75, 3.05) is 19.4 Å². The van der Waals surface area contributed by atoms with E-state index in [2.05, 4.69) is 17.5 Å². The lowest BCUT2D eigenvalue weighted by atomic mass is 9.76. The van der Waals surface area contributed by atoms with Gasteiger partial charge in [-0.1, -0.05) is 35.9 Å². The van der Waals surface area contributed by atoms with Gasteiger partial charge in [0, 0.05) is 42.7 Å². The minimum atomic E-state index is -0.415. The molecule has 0 fully saturated rings. The van der Waals surface area contributed by atoms with Crippen molar-refractivity contribution in [1.29, 1.82) is 0 Å². The van der Waals surface area contributed by atoms with Gasteiger partial charge in [0.1, 0.15) is 0 Å². The molecule has 0 saturated heterocycles. The molecule has 0 radical (unpaired) electrons. The number of nitro benzene ring substituents is 1. The van der Waals surface area contributed by atoms with Crippen LogP contribution >= 0.6 is 11.6 Å². The van der Waals surface area contributed by atoms with Crippen molar-refractivity contribution in [3.63, 3.8) is 0 Å². The third-order valence-electron chi connectivity index (χ3n) is 5.56. The first-order valence-corrected chi connectivity index (χ1v) is 9.48. The second-order valence-electron chi connectivity index (χ2n) is 7.41. The molecule has 144 valence electrons. The van der Waals surface area contributed by atoms with E-state index in [0.29, 0.717) is 16.1 Å². The molecule has 1 amide bonds. The van der Waals surface area contributed by atoms with Crippen molar-refractivity contribution < 1.29 is 9.72 Å². The summed E-state index contributed by atoms with van der Waals surface area (Å²) in [5.41, 5.74) is 3.14. The molecular weight excluding hydrogens is 378 g/mol. The standard InChI is InChI=1S/C21H20ClN3O3/c1-24(2)21(26)16-8-4-7-14-13-5-3-6-15(13)20(23-19(14)16)17-11-12(25(27)28)9-10-18(17)22/h3-5,7-11,13,15,20,23H,6H2,1-2H3. The van der Waals surface area contributed by atoms with Gasteiger partial charge in [0.15, 0.2) is 0 Å². The molecule has 1 N–H and O–H groups in total. The molecule has 2 aromatic carbocycles. The van der Waals surface area contributed by atoms with Crippen LogP contribution in [0.1, 0.15) is 39.9 Å². The normalized spacial score (nSPS) is 22.2. The summed E-state index contributed by atoms with van der Waals surface area (Å²) in [4.78, 5) is 25.1. The molecule has 0 saturated carbocycles. The molecule has 1 aliphatic heterocycles. The van der Waals surface area contributed by atoms with Crippen LogP contribution in [-0.4, -0.2) is 29.8 Å². The summed E-state index contributed by atoms with van der Waals surface area (Å²) >= 11 is 6.45. The quantitative estimate of drug-likeness (QED) is 0.459. The fourth-order valence-electron chi connectivity index (χ4n) is 4.23. The number of hydrogen-bond acceptors (Lipinski definition) is 4. The molecule has 28 heavy (non-hydrogen) atoms. The maximum absolute atomic E-state index is 12.7. The maximum Gasteiger partial charge on any atom is 0.269 e. The number of benzene rings is 2. The van der Waals surface area contributed by atoms with Gasteiger partial charge in [-0.25, -0.2) is 0 Å². The zero-order valence-corrected chi connectivity index (χ0v) is 16.3. The molecule has 7 heteroatoms. The summed E-state index contributed by atoms with van der Waals surface area (Å²) in [6, 6.07) is 10.0. The van der Waals surface area contributed by atoms with E-state index in [1.807, 2.05) is 12.1 Å². The Balaban J connectivity index is 1.85. The molecule has 4 rings (SSSR count). The topological polar surface area (TPSA) is 75.5 Å². The Kier molecular flexibility index (Phi) is 4.59. The van der Waals surface area contributed by atoms with Gasteiger partial charge in [0.05, 0.1) is 22.2 Å². The van der Waals surface area contributed by atoms with Crippen molar-refractivity contribution in [3.8, 4) is 0 Å². The molecule has 3 atom stereocenters. The lowest BCUT2D eigenvalue weighted by molar-refractivity contribution is -0.384. The smallest absolute Gasteiger partial charge is 0.269 e. The highest BCUT2D eigenvalue weighted by molar-refractivity contribution is 6.31. The lowest BCUT2D eigenvalue weighted by Gasteiger charge is -2.38. The predicted molar refractivity (Wildman–Crippen MR) is 109 cm³/mol. The summed E-state index contributed by atoms with van der Waals surface area (Å²) in [5, 5.41) is 15.3. The molecule has 0 aromatic heterocycles. The number of fused-ring (bicyclic) bond motifs is 3. The summed E-state index contributed by atoms with van der Waals surface area (Å²) < 4.78 is 0. The van der Waals surface area contributed by atoms with Crippen LogP contribution in [0.2, 0.25) is 5.02 Å². The molecule has 1 aliphatic carbocycles. The Hall–Kier alpha value is -2.86. The van der Waals surface area contributed by atoms with Crippen molar-refractivity contribution in [2.24, 2.45) is 5.92 Å². The van der Waals surface area contributed by atoms with Crippen LogP contribution in [0.5, 0.6) is 0 Å². The van der Waals surface area contributed by atoms with E-state index in [1.165, 1.54) is 12.1 Å². The van der Waals surface area contributed by atoms with E-state index in [4.69, 9.17) is 11.6 Å². The number of allylic oxidation sites excluding steroid dienone is 2. The number of nitrogens with zero attached hydrogens (tertiary/aromatic N) is 2. The first-order valence-electron chi connectivity index (χ1n) is 9.10. The molecule has 2 aromatic rings. The van der Waals surface area contributed by atoms with Gasteiger partial charge < -0.3 is 10.2 Å². The number of nitro groups is 1. The Labute approximate surface area is 167 Å². The second kappa shape index (κ2) is 6.95. The van der Waals surface area contributed by atoms with E-state index in [-0.39, 0.29) is 29.5 Å². The Bertz CT molecular complexity index is 1000. The number of rotatable bonds is 3. The predicted octanol–water partition coefficient (Wildman–Crippen LogP) is 4.78. The largest absolute Gasteiger partial charge is 0.377 e. The number of carbonyl (C=O) groups excluding carboxylic acids is 1. The Morgan fingerprint density at radius 3 is 2.75 bits per heavy atom. The van der Waals surface area contributed by atoms with Gasteiger partial charge in [-0.15, -0.1) is 0 Å². The molecular formula is C21H20ClN3O3. The van der Waals surface area contributed by atoms with Gasteiger partial charge in [0.25, 0.3) is 11.6 Å². The van der Waals surface area contributed by atoms with Gasteiger partial charge in [-0.2, -0.15) is 0 Å². The Morgan fingerprint density at radius 1 is 1.25 bits per heavy atom. The highest BCUT2D eigenvalue weighted by Gasteiger charge is 2.40. The van der Waals surface area contributed by atoms with Crippen molar-refractivity contribution in [2.45, 2.75) is 18.4 Å². The number of nitrogens with one attached hydrogen (secondary N) is 1. The number of amides is 1. The molecule has 1 heterocycles. The zero-order chi connectivity index (χ0) is 20.0. The number of anilines is 1. The van der Waals surface area contributed by atoms with E-state index in [0.717, 1.165) is 17.7 Å². The molecule has 0 bridgehead atoms. The summed E-state index contributed by atoms with van der Waals surface area (Å²) in [5.74, 6) is 0.219. The van der Waals surface area contributed by atoms with Crippen LogP contribution in [0.4, 0.5) is 11.4 Å². The van der Waals surface area contributed by atoms with E-state index in [1.54, 1.807) is 31.1 Å². The van der Waals surface area contributed by atoms with Crippen LogP contribution < -0.4 is 5.32 Å². The number of carbonyl (C=O) groups is 1. The SMILES string of the molecule is CN(C)C(=O)c1cccc2c1NC(c1cc([N+](=O)[O-])ccc1Cl)C1CC=CC21. The molecule has 3 unspecified atom stereocenters. The van der Waals surface area contributed by atoms with Gasteiger partial charge in [-0.3, -0.25) is 14.9 Å². The summed E-state index contributed by atoms with van der Waals surface area (Å²) in [6.07, 6.45) is 5.13. The van der Waals surface area contributed by atoms with Crippen LogP contribution in [-0.2, 0) is 0 Å². The number of hydrogen-bond donors (Lipinski definition) is 1. The van der Waals surface area contributed by atoms with E-state index in [9.17, 15) is 14.9 Å². The lowest BCUT2D eigenvalue weighted by Crippen LogP contribution is -2.32. The van der Waals surface area contributed by atoms with Gasteiger partial charge >= 0.3 is 0 Å². The summed E-state index contributed by atoms with van der Waals surface area (Å²) in [6.45, 7) is 0. The number of para-hydroxylation sites is 1. The monoisotopic (exact) mass is 397 g/mol. The van der Waals surface area contributed by atoms with E-state index < -0.39 is 4.92 Å². The third kappa shape index (κ3) is 2.94. The van der Waals surface area contributed by atoms with Crippen molar-refractivity contribution in [3.05, 3.63) is 80.4 Å². The van der Waals surface area contributed by atoms with Crippen LogP contribution in [0.3, 0.4) is 0 Å². The average molecular weight is 398 g/mol. The number of non-ortho nitro benzene ring substituents is 1. The van der Waals surface area contributed by atoms with Gasteiger partial charge in [-0.05, 0) is 30.0 Å². The second-order valence-corrected chi connectivity index (χ2v) is 7.82. The van der Waals surface area contributed by atoms with Gasteiger partial charge in [0.2, 0.25) is 0 Å². The fourth-order valence-corrected chi connectivity index (χ4v) is 4.47.